The van der Waals surface area contributed by atoms with E-state index < -0.39 is 0 Å². The van der Waals surface area contributed by atoms with Gasteiger partial charge >= 0.3 is 5.97 Å². The van der Waals surface area contributed by atoms with E-state index in [2.05, 4.69) is 17.6 Å². The van der Waals surface area contributed by atoms with Crippen LogP contribution in [0.25, 0.3) is 0 Å². The quantitative estimate of drug-likeness (QED) is 0.773. The molecule has 1 aliphatic heterocycles. The van der Waals surface area contributed by atoms with Gasteiger partial charge < -0.3 is 15.4 Å². The van der Waals surface area contributed by atoms with E-state index in [9.17, 15) is 9.59 Å². The Morgan fingerprint density at radius 2 is 1.76 bits per heavy atom. The van der Waals surface area contributed by atoms with Gasteiger partial charge in [-0.1, -0.05) is 38.0 Å². The van der Waals surface area contributed by atoms with Gasteiger partial charge in [-0.25, -0.2) is 4.79 Å². The molecule has 1 aromatic carbocycles. The largest absolute Gasteiger partial charge is 0.466 e. The van der Waals surface area contributed by atoms with Crippen LogP contribution in [-0.4, -0.2) is 19.0 Å². The van der Waals surface area contributed by atoms with Crippen LogP contribution in [0.4, 0.5) is 5.69 Å². The molecule has 0 spiro atoms. The van der Waals surface area contributed by atoms with Crippen LogP contribution in [-0.2, 0) is 14.3 Å². The molecule has 25 heavy (non-hydrogen) atoms. The number of unbranched alkanes of at least 4 members (excludes halogenated alkanes) is 1. The van der Waals surface area contributed by atoms with E-state index in [0.29, 0.717) is 11.1 Å². The smallest absolute Gasteiger partial charge is 0.336 e. The number of amides is 1. The Hall–Kier alpha value is -2.56. The third kappa shape index (κ3) is 4.29. The van der Waals surface area contributed by atoms with E-state index in [1.54, 1.807) is 0 Å². The maximum Gasteiger partial charge on any atom is 0.336 e. The first kappa shape index (κ1) is 18.8. The van der Waals surface area contributed by atoms with Crippen molar-refractivity contribution >= 4 is 17.6 Å². The molecule has 0 saturated heterocycles. The van der Waals surface area contributed by atoms with Crippen LogP contribution in [0.3, 0.4) is 0 Å². The average Bonchev–Trinajstić information content (AvgIpc) is 2.59. The fourth-order valence-corrected chi connectivity index (χ4v) is 3.23. The number of carbonyl (C=O) groups is 2. The molecule has 5 heteroatoms. The molecule has 0 saturated carbocycles. The van der Waals surface area contributed by atoms with Crippen LogP contribution in [0, 0.1) is 5.92 Å². The van der Waals surface area contributed by atoms with Crippen molar-refractivity contribution in [1.82, 2.24) is 5.32 Å². The molecule has 0 unspecified atom stereocenters. The molecule has 1 aromatic rings. The highest BCUT2D eigenvalue weighted by molar-refractivity contribution is 6.07. The lowest BCUT2D eigenvalue weighted by atomic mass is 9.81. The van der Waals surface area contributed by atoms with Gasteiger partial charge in [0, 0.05) is 28.6 Å². The first-order chi connectivity index (χ1) is 12.0. The zero-order chi connectivity index (χ0) is 18.4. The molecule has 1 heterocycles. The zero-order valence-corrected chi connectivity index (χ0v) is 15.3. The van der Waals surface area contributed by atoms with Gasteiger partial charge in [-0.3, -0.25) is 4.79 Å². The predicted octanol–water partition coefficient (Wildman–Crippen LogP) is 3.76. The van der Waals surface area contributed by atoms with Gasteiger partial charge in [0.25, 0.3) is 5.91 Å². The number of allylic oxidation sites excluding steroid dienone is 2. The monoisotopic (exact) mass is 342 g/mol. The van der Waals surface area contributed by atoms with Crippen molar-refractivity contribution in [3.8, 4) is 0 Å². The van der Waals surface area contributed by atoms with Crippen molar-refractivity contribution in [2.24, 2.45) is 5.92 Å². The molecule has 1 aliphatic rings. The lowest BCUT2D eigenvalue weighted by Crippen LogP contribution is -2.34. The summed E-state index contributed by atoms with van der Waals surface area (Å²) in [5.41, 5.74) is 3.40. The lowest BCUT2D eigenvalue weighted by molar-refractivity contribution is -0.136. The number of benzene rings is 1. The Kier molecular flexibility index (Phi) is 6.39. The zero-order valence-electron chi connectivity index (χ0n) is 15.3. The number of dihydropyridines is 1. The average molecular weight is 342 g/mol. The van der Waals surface area contributed by atoms with Crippen molar-refractivity contribution in [2.45, 2.75) is 40.0 Å². The number of para-hydroxylation sites is 1. The fraction of sp³-hybridized carbons (Fsp3) is 0.400. The minimum atomic E-state index is -0.386. The molecular weight excluding hydrogens is 316 g/mol. The number of rotatable bonds is 6. The Balaban J connectivity index is 2.36. The summed E-state index contributed by atoms with van der Waals surface area (Å²) in [5, 5.41) is 6.09. The van der Waals surface area contributed by atoms with Crippen molar-refractivity contribution in [3.05, 3.63) is 52.9 Å². The maximum absolute atomic E-state index is 12.9. The Morgan fingerprint density at radius 1 is 1.12 bits per heavy atom. The topological polar surface area (TPSA) is 67.4 Å². The Bertz CT molecular complexity index is 705. The first-order valence-electron chi connectivity index (χ1n) is 8.62. The van der Waals surface area contributed by atoms with Crippen LogP contribution < -0.4 is 10.6 Å². The predicted molar refractivity (Wildman–Crippen MR) is 98.6 cm³/mol. The van der Waals surface area contributed by atoms with Crippen LogP contribution in [0.2, 0.25) is 0 Å². The fourth-order valence-electron chi connectivity index (χ4n) is 3.23. The van der Waals surface area contributed by atoms with Gasteiger partial charge in [0.2, 0.25) is 0 Å². The summed E-state index contributed by atoms with van der Waals surface area (Å²) in [6.07, 6.45) is 2.65. The number of carbonyl (C=O) groups excluding carboxylic acids is 2. The van der Waals surface area contributed by atoms with Gasteiger partial charge in [-0.15, -0.1) is 0 Å². The minimum absolute atomic E-state index is 0.189. The summed E-state index contributed by atoms with van der Waals surface area (Å²) in [5.74, 6) is -0.841. The molecule has 0 aromatic heterocycles. The number of ether oxygens (including phenoxy) is 1. The minimum Gasteiger partial charge on any atom is -0.466 e. The summed E-state index contributed by atoms with van der Waals surface area (Å²) in [4.78, 5) is 25.2. The number of methoxy groups -OCH3 is 1. The second-order valence-corrected chi connectivity index (χ2v) is 6.21. The molecule has 0 bridgehead atoms. The van der Waals surface area contributed by atoms with Crippen molar-refractivity contribution in [1.29, 1.82) is 0 Å². The highest BCUT2D eigenvalue weighted by Crippen LogP contribution is 2.34. The van der Waals surface area contributed by atoms with Crippen LogP contribution in [0.5, 0.6) is 0 Å². The van der Waals surface area contributed by atoms with Gasteiger partial charge in [-0.2, -0.15) is 0 Å². The van der Waals surface area contributed by atoms with Crippen molar-refractivity contribution < 1.29 is 14.3 Å². The molecule has 0 aliphatic carbocycles. The highest BCUT2D eigenvalue weighted by atomic mass is 16.5. The third-order valence-electron chi connectivity index (χ3n) is 4.41. The number of anilines is 1. The summed E-state index contributed by atoms with van der Waals surface area (Å²) in [6.45, 7) is 5.81. The molecule has 2 rings (SSSR count). The molecule has 2 N–H and O–H groups in total. The van der Waals surface area contributed by atoms with Gasteiger partial charge in [-0.05, 0) is 32.4 Å². The SMILES string of the molecule is CCCC[C@H]1C(C(=O)Nc2ccccc2)=C(C)NC(C)=C1C(=O)OC. The normalized spacial score (nSPS) is 17.2. The van der Waals surface area contributed by atoms with Crippen molar-refractivity contribution in [3.63, 3.8) is 0 Å². The summed E-state index contributed by atoms with van der Waals surface area (Å²) in [7, 11) is 1.37. The van der Waals surface area contributed by atoms with Crippen LogP contribution >= 0.6 is 0 Å². The molecule has 1 atom stereocenters. The molecule has 5 nitrogen and oxygen atoms in total. The number of hydrogen-bond donors (Lipinski definition) is 2. The lowest BCUT2D eigenvalue weighted by Gasteiger charge is -2.30. The van der Waals surface area contributed by atoms with E-state index in [1.807, 2.05) is 44.2 Å². The Morgan fingerprint density at radius 3 is 2.36 bits per heavy atom. The molecule has 1 amide bonds. The van der Waals surface area contributed by atoms with Crippen LogP contribution in [0.1, 0.15) is 40.0 Å². The number of nitrogens with one attached hydrogen (secondary N) is 2. The Labute approximate surface area is 149 Å². The van der Waals surface area contributed by atoms with Gasteiger partial charge in [0.1, 0.15) is 0 Å². The standard InChI is InChI=1S/C20H26N2O3/c1-5-6-12-16-17(19(23)22-15-10-8-7-9-11-15)13(2)21-14(3)18(16)20(24)25-4/h7-11,16,21H,5-6,12H2,1-4H3,(H,22,23)/t16-/m0/s1. The van der Waals surface area contributed by atoms with Gasteiger partial charge in [0.15, 0.2) is 0 Å². The van der Waals surface area contributed by atoms with Crippen molar-refractivity contribution in [2.75, 3.05) is 12.4 Å². The summed E-state index contributed by atoms with van der Waals surface area (Å²) in [6, 6.07) is 9.32. The summed E-state index contributed by atoms with van der Waals surface area (Å²) < 4.78 is 4.96. The highest BCUT2D eigenvalue weighted by Gasteiger charge is 2.35. The number of hydrogen-bond acceptors (Lipinski definition) is 4. The molecule has 0 radical (unpaired) electrons. The molecule has 0 fully saturated rings. The van der Waals surface area contributed by atoms with E-state index in [1.165, 1.54) is 7.11 Å². The van der Waals surface area contributed by atoms with Crippen LogP contribution in [0.15, 0.2) is 52.9 Å². The van der Waals surface area contributed by atoms with E-state index in [-0.39, 0.29) is 17.8 Å². The molecular formula is C20H26N2O3. The van der Waals surface area contributed by atoms with E-state index in [0.717, 1.165) is 36.3 Å². The second-order valence-electron chi connectivity index (χ2n) is 6.21. The first-order valence-corrected chi connectivity index (χ1v) is 8.62. The summed E-state index contributed by atoms with van der Waals surface area (Å²) >= 11 is 0. The second kappa shape index (κ2) is 8.51. The van der Waals surface area contributed by atoms with E-state index >= 15 is 0 Å². The number of esters is 1. The third-order valence-corrected chi connectivity index (χ3v) is 4.41. The van der Waals surface area contributed by atoms with E-state index in [4.69, 9.17) is 4.74 Å². The molecule has 134 valence electrons. The van der Waals surface area contributed by atoms with Gasteiger partial charge in [0.05, 0.1) is 12.7 Å². The maximum atomic E-state index is 12.9.